The summed E-state index contributed by atoms with van der Waals surface area (Å²) in [5, 5.41) is 3.08. The minimum atomic E-state index is -0.0717. The van der Waals surface area contributed by atoms with E-state index in [0.29, 0.717) is 6.54 Å². The summed E-state index contributed by atoms with van der Waals surface area (Å²) in [5.74, 6) is -0.00433. The van der Waals surface area contributed by atoms with Gasteiger partial charge in [-0.2, -0.15) is 0 Å². The highest BCUT2D eigenvalue weighted by molar-refractivity contribution is 5.79. The van der Waals surface area contributed by atoms with Gasteiger partial charge in [-0.15, -0.1) is 0 Å². The van der Waals surface area contributed by atoms with Crippen LogP contribution in [0.5, 0.6) is 0 Å². The quantitative estimate of drug-likeness (QED) is 0.828. The van der Waals surface area contributed by atoms with E-state index in [2.05, 4.69) is 44.3 Å². The van der Waals surface area contributed by atoms with E-state index < -0.39 is 0 Å². The molecule has 1 rings (SSSR count). The minimum Gasteiger partial charge on any atom is -0.349 e. The van der Waals surface area contributed by atoms with Crippen molar-refractivity contribution in [2.75, 3.05) is 6.54 Å². The first-order chi connectivity index (χ1) is 8.99. The summed E-state index contributed by atoms with van der Waals surface area (Å²) in [6.07, 6.45) is 1.83. The number of aryl methyl sites for hydroxylation is 2. The fourth-order valence-electron chi connectivity index (χ4n) is 2.34. The van der Waals surface area contributed by atoms with Gasteiger partial charge in [-0.1, -0.05) is 37.1 Å². The van der Waals surface area contributed by atoms with Crippen LogP contribution in [-0.2, 0) is 4.79 Å². The number of nitrogens with two attached hydrogens (primary N) is 1. The topological polar surface area (TPSA) is 55.1 Å². The maximum atomic E-state index is 12.2. The molecule has 3 nitrogen and oxygen atoms in total. The zero-order valence-corrected chi connectivity index (χ0v) is 12.5. The van der Waals surface area contributed by atoms with Crippen molar-refractivity contribution in [3.63, 3.8) is 0 Å². The second-order valence-corrected chi connectivity index (χ2v) is 5.31. The van der Waals surface area contributed by atoms with E-state index >= 15 is 0 Å². The van der Waals surface area contributed by atoms with Gasteiger partial charge in [0.25, 0.3) is 0 Å². The normalized spacial score (nSPS) is 13.9. The standard InChI is InChI=1S/C16H26N2O/c1-5-6-14(10-17)16(19)18-13(4)15-9-11(2)7-8-12(15)3/h7-9,13-14H,5-6,10,17H2,1-4H3,(H,18,19). The number of hydrogen-bond donors (Lipinski definition) is 2. The van der Waals surface area contributed by atoms with Crippen molar-refractivity contribution in [3.05, 3.63) is 34.9 Å². The molecule has 0 aliphatic heterocycles. The molecule has 3 heteroatoms. The van der Waals surface area contributed by atoms with Gasteiger partial charge in [0.05, 0.1) is 12.0 Å². The summed E-state index contributed by atoms with van der Waals surface area (Å²) in [5.41, 5.74) is 9.27. The van der Waals surface area contributed by atoms with Crippen LogP contribution >= 0.6 is 0 Å². The van der Waals surface area contributed by atoms with Crippen LogP contribution in [0.2, 0.25) is 0 Å². The van der Waals surface area contributed by atoms with Crippen LogP contribution in [0.1, 0.15) is 49.4 Å². The highest BCUT2D eigenvalue weighted by atomic mass is 16.1. The smallest absolute Gasteiger partial charge is 0.224 e. The highest BCUT2D eigenvalue weighted by Crippen LogP contribution is 2.19. The molecule has 1 aromatic carbocycles. The largest absolute Gasteiger partial charge is 0.349 e. The monoisotopic (exact) mass is 262 g/mol. The predicted molar refractivity (Wildman–Crippen MR) is 79.9 cm³/mol. The Balaban J connectivity index is 2.75. The molecule has 0 fully saturated rings. The summed E-state index contributed by atoms with van der Waals surface area (Å²) >= 11 is 0. The van der Waals surface area contributed by atoms with Gasteiger partial charge in [-0.25, -0.2) is 0 Å². The molecule has 0 spiro atoms. The van der Waals surface area contributed by atoms with Crippen molar-refractivity contribution < 1.29 is 4.79 Å². The second-order valence-electron chi connectivity index (χ2n) is 5.31. The molecule has 0 aromatic heterocycles. The molecule has 0 saturated carbocycles. The first kappa shape index (κ1) is 15.7. The fourth-order valence-corrected chi connectivity index (χ4v) is 2.34. The van der Waals surface area contributed by atoms with E-state index in [-0.39, 0.29) is 17.9 Å². The van der Waals surface area contributed by atoms with E-state index in [9.17, 15) is 4.79 Å². The van der Waals surface area contributed by atoms with Gasteiger partial charge in [-0.3, -0.25) is 4.79 Å². The van der Waals surface area contributed by atoms with Crippen LogP contribution in [0.25, 0.3) is 0 Å². The Bertz CT molecular complexity index is 429. The van der Waals surface area contributed by atoms with Crippen molar-refractivity contribution in [1.29, 1.82) is 0 Å². The second kappa shape index (κ2) is 7.29. The van der Waals surface area contributed by atoms with E-state index in [0.717, 1.165) is 12.8 Å². The van der Waals surface area contributed by atoms with Crippen LogP contribution in [0.15, 0.2) is 18.2 Å². The molecule has 0 aliphatic carbocycles. The first-order valence-corrected chi connectivity index (χ1v) is 7.07. The highest BCUT2D eigenvalue weighted by Gasteiger charge is 2.19. The molecule has 3 N–H and O–H groups in total. The average Bonchev–Trinajstić information content (AvgIpc) is 2.38. The molecule has 106 valence electrons. The molecule has 1 aromatic rings. The molecule has 0 heterocycles. The van der Waals surface area contributed by atoms with E-state index in [1.807, 2.05) is 6.92 Å². The van der Waals surface area contributed by atoms with E-state index in [4.69, 9.17) is 5.73 Å². The zero-order valence-electron chi connectivity index (χ0n) is 12.5. The van der Waals surface area contributed by atoms with Crippen LogP contribution in [0.4, 0.5) is 0 Å². The van der Waals surface area contributed by atoms with Crippen molar-refractivity contribution in [1.82, 2.24) is 5.32 Å². The molecule has 2 unspecified atom stereocenters. The van der Waals surface area contributed by atoms with Crippen LogP contribution in [-0.4, -0.2) is 12.5 Å². The zero-order chi connectivity index (χ0) is 14.4. The summed E-state index contributed by atoms with van der Waals surface area (Å²) in [6, 6.07) is 6.35. The lowest BCUT2D eigenvalue weighted by molar-refractivity contribution is -0.125. The van der Waals surface area contributed by atoms with Crippen LogP contribution in [0, 0.1) is 19.8 Å². The SMILES string of the molecule is CCCC(CN)C(=O)NC(C)c1cc(C)ccc1C. The Morgan fingerprint density at radius 3 is 2.63 bits per heavy atom. The Morgan fingerprint density at radius 1 is 1.37 bits per heavy atom. The molecule has 0 aliphatic rings. The lowest BCUT2D eigenvalue weighted by Gasteiger charge is -2.21. The third-order valence-electron chi connectivity index (χ3n) is 3.55. The van der Waals surface area contributed by atoms with Crippen molar-refractivity contribution in [2.24, 2.45) is 11.7 Å². The fraction of sp³-hybridized carbons (Fsp3) is 0.562. The lowest BCUT2D eigenvalue weighted by atomic mass is 9.98. The number of amides is 1. The molecular weight excluding hydrogens is 236 g/mol. The lowest BCUT2D eigenvalue weighted by Crippen LogP contribution is -2.36. The van der Waals surface area contributed by atoms with Gasteiger partial charge >= 0.3 is 0 Å². The molecule has 1 amide bonds. The third-order valence-corrected chi connectivity index (χ3v) is 3.55. The van der Waals surface area contributed by atoms with Gasteiger partial charge in [0.15, 0.2) is 0 Å². The molecule has 0 bridgehead atoms. The van der Waals surface area contributed by atoms with Crippen molar-refractivity contribution in [2.45, 2.75) is 46.6 Å². The molecule has 2 atom stereocenters. The Morgan fingerprint density at radius 2 is 2.05 bits per heavy atom. The predicted octanol–water partition coefficient (Wildman–Crippen LogP) is 2.86. The van der Waals surface area contributed by atoms with E-state index in [1.165, 1.54) is 16.7 Å². The average molecular weight is 262 g/mol. The van der Waals surface area contributed by atoms with Crippen molar-refractivity contribution >= 4 is 5.91 Å². The van der Waals surface area contributed by atoms with E-state index in [1.54, 1.807) is 0 Å². The maximum Gasteiger partial charge on any atom is 0.224 e. The van der Waals surface area contributed by atoms with Gasteiger partial charge in [0, 0.05) is 6.54 Å². The first-order valence-electron chi connectivity index (χ1n) is 7.07. The molecule has 0 saturated heterocycles. The maximum absolute atomic E-state index is 12.2. The molecule has 0 radical (unpaired) electrons. The summed E-state index contributed by atoms with van der Waals surface area (Å²) in [4.78, 5) is 12.2. The van der Waals surface area contributed by atoms with Crippen LogP contribution < -0.4 is 11.1 Å². The van der Waals surface area contributed by atoms with Gasteiger partial charge in [0.1, 0.15) is 0 Å². The summed E-state index contributed by atoms with van der Waals surface area (Å²) in [6.45, 7) is 8.66. The van der Waals surface area contributed by atoms with Gasteiger partial charge in [-0.05, 0) is 38.3 Å². The number of carbonyl (C=O) groups is 1. The molecular formula is C16H26N2O. The van der Waals surface area contributed by atoms with Gasteiger partial charge in [0.2, 0.25) is 5.91 Å². The van der Waals surface area contributed by atoms with Crippen molar-refractivity contribution in [3.8, 4) is 0 Å². The minimum absolute atomic E-state index is 0.0262. The molecule has 19 heavy (non-hydrogen) atoms. The van der Waals surface area contributed by atoms with Crippen LogP contribution in [0.3, 0.4) is 0 Å². The van der Waals surface area contributed by atoms with Gasteiger partial charge < -0.3 is 11.1 Å². The Kier molecular flexibility index (Phi) is 6.03. The Labute approximate surface area is 116 Å². The number of nitrogens with one attached hydrogen (secondary N) is 1. The number of hydrogen-bond acceptors (Lipinski definition) is 2. The number of benzene rings is 1. The summed E-state index contributed by atoms with van der Waals surface area (Å²) < 4.78 is 0. The third kappa shape index (κ3) is 4.35. The Hall–Kier alpha value is -1.35. The summed E-state index contributed by atoms with van der Waals surface area (Å²) in [7, 11) is 0. The number of carbonyl (C=O) groups excluding carboxylic acids is 1. The number of rotatable bonds is 6.